The van der Waals surface area contributed by atoms with Gasteiger partial charge < -0.3 is 25.5 Å². The van der Waals surface area contributed by atoms with Crippen LogP contribution >= 0.6 is 11.6 Å². The quantitative estimate of drug-likeness (QED) is 0.433. The van der Waals surface area contributed by atoms with Gasteiger partial charge in [-0.25, -0.2) is 4.68 Å². The lowest BCUT2D eigenvalue weighted by molar-refractivity contribution is -0.0584. The molecule has 3 aromatic rings. The second-order valence-electron chi connectivity index (χ2n) is 7.71. The average molecular weight is 449 g/mol. The van der Waals surface area contributed by atoms with Crippen LogP contribution in [0.4, 0.5) is 11.6 Å². The maximum Gasteiger partial charge on any atom is 0.232 e. The molecule has 0 spiro atoms. The first-order valence-electron chi connectivity index (χ1n) is 10.5. The molecule has 4 N–H and O–H groups in total. The van der Waals surface area contributed by atoms with E-state index in [-0.39, 0.29) is 12.1 Å². The van der Waals surface area contributed by atoms with Crippen molar-refractivity contribution >= 4 is 34.3 Å². The molecule has 11 heteroatoms. The van der Waals surface area contributed by atoms with E-state index in [1.807, 2.05) is 13.0 Å². The minimum absolute atomic E-state index is 0.0442. The summed E-state index contributed by atoms with van der Waals surface area (Å²) in [5, 5.41) is 8.96. The SMILES string of the molecule is CCOc1nc(Nc2cnn([C@H](CC)[C@@H](N)CN(C)C3COC3)c2Cl)nc2[nH]ccc12. The van der Waals surface area contributed by atoms with Crippen molar-refractivity contribution in [2.24, 2.45) is 5.73 Å². The molecule has 0 aromatic carbocycles. The molecule has 0 amide bonds. The molecule has 4 heterocycles. The van der Waals surface area contributed by atoms with E-state index in [9.17, 15) is 0 Å². The first-order chi connectivity index (χ1) is 15.0. The fraction of sp³-hybridized carbons (Fsp3) is 0.550. The zero-order valence-corrected chi connectivity index (χ0v) is 18.8. The van der Waals surface area contributed by atoms with Crippen molar-refractivity contribution in [3.63, 3.8) is 0 Å². The molecule has 1 aliphatic rings. The lowest BCUT2D eigenvalue weighted by Gasteiger charge is -2.37. The van der Waals surface area contributed by atoms with Gasteiger partial charge in [0.15, 0.2) is 5.15 Å². The number of hydrogen-bond acceptors (Lipinski definition) is 8. The van der Waals surface area contributed by atoms with E-state index in [0.717, 1.165) is 31.6 Å². The molecule has 31 heavy (non-hydrogen) atoms. The van der Waals surface area contributed by atoms with Crippen LogP contribution in [0, 0.1) is 0 Å². The molecule has 0 radical (unpaired) electrons. The summed E-state index contributed by atoms with van der Waals surface area (Å²) in [6.07, 6.45) is 4.27. The van der Waals surface area contributed by atoms with Crippen LogP contribution in [-0.4, -0.2) is 75.1 Å². The Hall–Kier alpha value is -2.40. The van der Waals surface area contributed by atoms with Crippen LogP contribution in [0.5, 0.6) is 5.88 Å². The average Bonchev–Trinajstić information content (AvgIpc) is 3.29. The van der Waals surface area contributed by atoms with Gasteiger partial charge in [0.05, 0.1) is 49.2 Å². The molecule has 168 valence electrons. The normalized spacial score (nSPS) is 16.5. The molecule has 1 fully saturated rings. The van der Waals surface area contributed by atoms with Gasteiger partial charge in [-0.1, -0.05) is 18.5 Å². The Morgan fingerprint density at radius 1 is 1.42 bits per heavy atom. The van der Waals surface area contributed by atoms with Gasteiger partial charge in [-0.3, -0.25) is 4.90 Å². The van der Waals surface area contributed by atoms with Gasteiger partial charge in [0.2, 0.25) is 11.8 Å². The number of ether oxygens (including phenoxy) is 2. The number of halogens is 1. The molecule has 0 unspecified atom stereocenters. The van der Waals surface area contributed by atoms with E-state index < -0.39 is 0 Å². The van der Waals surface area contributed by atoms with E-state index in [4.69, 9.17) is 26.8 Å². The van der Waals surface area contributed by atoms with Crippen molar-refractivity contribution in [1.29, 1.82) is 0 Å². The second-order valence-corrected chi connectivity index (χ2v) is 8.07. The number of rotatable bonds is 10. The summed E-state index contributed by atoms with van der Waals surface area (Å²) < 4.78 is 12.7. The van der Waals surface area contributed by atoms with E-state index >= 15 is 0 Å². The zero-order valence-electron chi connectivity index (χ0n) is 18.0. The summed E-state index contributed by atoms with van der Waals surface area (Å²) in [5.41, 5.74) is 7.84. The number of nitrogens with zero attached hydrogens (tertiary/aromatic N) is 5. The van der Waals surface area contributed by atoms with Gasteiger partial charge in [-0.2, -0.15) is 15.1 Å². The molecule has 1 saturated heterocycles. The number of anilines is 2. The van der Waals surface area contributed by atoms with Crippen LogP contribution in [-0.2, 0) is 4.74 Å². The third-order valence-electron chi connectivity index (χ3n) is 5.61. The maximum atomic E-state index is 6.68. The van der Waals surface area contributed by atoms with Crippen LogP contribution in [0.15, 0.2) is 18.5 Å². The number of H-pyrrole nitrogens is 1. The monoisotopic (exact) mass is 448 g/mol. The van der Waals surface area contributed by atoms with Crippen LogP contribution < -0.4 is 15.8 Å². The van der Waals surface area contributed by atoms with Gasteiger partial charge in [0, 0.05) is 18.8 Å². The summed E-state index contributed by atoms with van der Waals surface area (Å²) in [4.78, 5) is 14.3. The molecule has 2 atom stereocenters. The van der Waals surface area contributed by atoms with Gasteiger partial charge in [0.25, 0.3) is 0 Å². The standard InChI is InChI=1S/C20H29ClN8O2/c1-4-16(14(22)9-28(3)12-10-30-11-12)29-17(21)15(8-24-29)25-20-26-18-13(6-7-23-18)19(27-20)31-5-2/h6-8,12,14,16H,4-5,9-11,22H2,1-3H3,(H2,23,25,26,27)/t14-,16+/m0/s1. The molecule has 1 aliphatic heterocycles. The highest BCUT2D eigenvalue weighted by Gasteiger charge is 2.28. The third kappa shape index (κ3) is 4.47. The van der Waals surface area contributed by atoms with Crippen LogP contribution in [0.3, 0.4) is 0 Å². The van der Waals surface area contributed by atoms with Crippen molar-refractivity contribution < 1.29 is 9.47 Å². The summed E-state index contributed by atoms with van der Waals surface area (Å²) in [5.74, 6) is 0.887. The van der Waals surface area contributed by atoms with Gasteiger partial charge in [-0.15, -0.1) is 0 Å². The molecular formula is C20H29ClN8O2. The first kappa shape index (κ1) is 21.8. The Morgan fingerprint density at radius 3 is 2.90 bits per heavy atom. The number of nitrogens with one attached hydrogen (secondary N) is 2. The van der Waals surface area contributed by atoms with Crippen LogP contribution in [0.2, 0.25) is 5.15 Å². The highest BCUT2D eigenvalue weighted by atomic mass is 35.5. The zero-order chi connectivity index (χ0) is 22.0. The van der Waals surface area contributed by atoms with Gasteiger partial charge in [0.1, 0.15) is 5.65 Å². The maximum absolute atomic E-state index is 6.68. The lowest BCUT2D eigenvalue weighted by atomic mass is 10.1. The van der Waals surface area contributed by atoms with Crippen molar-refractivity contribution in [3.05, 3.63) is 23.6 Å². The second kappa shape index (κ2) is 9.39. The van der Waals surface area contributed by atoms with E-state index in [1.54, 1.807) is 17.1 Å². The summed E-state index contributed by atoms with van der Waals surface area (Å²) in [7, 11) is 2.07. The summed E-state index contributed by atoms with van der Waals surface area (Å²) in [6, 6.07) is 2.14. The largest absolute Gasteiger partial charge is 0.477 e. The fourth-order valence-corrected chi connectivity index (χ4v) is 4.00. The summed E-state index contributed by atoms with van der Waals surface area (Å²) in [6.45, 7) is 6.75. The smallest absolute Gasteiger partial charge is 0.232 e. The van der Waals surface area contributed by atoms with Crippen molar-refractivity contribution in [2.75, 3.05) is 38.7 Å². The number of likely N-dealkylation sites (N-methyl/N-ethyl adjacent to an activating group) is 1. The Bertz CT molecular complexity index is 1020. The van der Waals surface area contributed by atoms with E-state index in [2.05, 4.69) is 44.2 Å². The number of fused-ring (bicyclic) bond motifs is 1. The first-order valence-corrected chi connectivity index (χ1v) is 10.9. The Morgan fingerprint density at radius 2 is 2.23 bits per heavy atom. The predicted molar refractivity (Wildman–Crippen MR) is 120 cm³/mol. The topological polar surface area (TPSA) is 119 Å². The number of aromatic nitrogens is 5. The van der Waals surface area contributed by atoms with Gasteiger partial charge in [-0.05, 0) is 26.5 Å². The molecule has 0 saturated carbocycles. The van der Waals surface area contributed by atoms with E-state index in [0.29, 0.717) is 41.0 Å². The molecule has 0 aliphatic carbocycles. The minimum atomic E-state index is -0.128. The highest BCUT2D eigenvalue weighted by Crippen LogP contribution is 2.31. The van der Waals surface area contributed by atoms with Crippen LogP contribution in [0.25, 0.3) is 11.0 Å². The number of hydrogen-bond donors (Lipinski definition) is 3. The van der Waals surface area contributed by atoms with Crippen molar-refractivity contribution in [1.82, 2.24) is 29.6 Å². The Balaban J connectivity index is 1.52. The van der Waals surface area contributed by atoms with E-state index in [1.165, 1.54) is 0 Å². The van der Waals surface area contributed by atoms with Crippen LogP contribution in [0.1, 0.15) is 26.3 Å². The minimum Gasteiger partial charge on any atom is -0.477 e. The predicted octanol–water partition coefficient (Wildman–Crippen LogP) is 2.56. The van der Waals surface area contributed by atoms with Crippen molar-refractivity contribution in [2.45, 2.75) is 38.4 Å². The number of nitrogens with two attached hydrogens (primary N) is 1. The molecule has 0 bridgehead atoms. The summed E-state index contributed by atoms with van der Waals surface area (Å²) >= 11 is 6.68. The highest BCUT2D eigenvalue weighted by molar-refractivity contribution is 6.32. The Labute approximate surface area is 186 Å². The fourth-order valence-electron chi connectivity index (χ4n) is 3.74. The third-order valence-corrected chi connectivity index (χ3v) is 5.99. The number of aromatic amines is 1. The molecule has 4 rings (SSSR count). The molecule has 3 aromatic heterocycles. The van der Waals surface area contributed by atoms with Crippen molar-refractivity contribution in [3.8, 4) is 5.88 Å². The molecule has 10 nitrogen and oxygen atoms in total. The lowest BCUT2D eigenvalue weighted by Crippen LogP contribution is -2.52. The van der Waals surface area contributed by atoms with Gasteiger partial charge >= 0.3 is 0 Å². The molecular weight excluding hydrogens is 420 g/mol. The Kier molecular flexibility index (Phi) is 6.61.